The molecule has 0 saturated carbocycles. The third kappa shape index (κ3) is 3.89. The van der Waals surface area contributed by atoms with Crippen molar-refractivity contribution in [3.05, 3.63) is 83.1 Å². The topological polar surface area (TPSA) is 68.0 Å². The smallest absolute Gasteiger partial charge is 0.257 e. The molecule has 0 aliphatic carbocycles. The van der Waals surface area contributed by atoms with Crippen molar-refractivity contribution >= 4 is 28.3 Å². The number of carbonyl (C=O) groups is 1. The Labute approximate surface area is 167 Å². The average molecular weight is 392 g/mol. The van der Waals surface area contributed by atoms with Gasteiger partial charge in [0.25, 0.3) is 5.89 Å². The van der Waals surface area contributed by atoms with Crippen molar-refractivity contribution in [2.75, 3.05) is 0 Å². The Kier molecular flexibility index (Phi) is 5.08. The van der Waals surface area contributed by atoms with Crippen LogP contribution in [0.3, 0.4) is 0 Å². The minimum Gasteiger partial charge on any atom is -0.346 e. The normalized spacial score (nSPS) is 12.1. The highest BCUT2D eigenvalue weighted by molar-refractivity contribution is 6.30. The van der Waals surface area contributed by atoms with E-state index in [-0.39, 0.29) is 18.4 Å². The Balaban J connectivity index is 1.45. The SMILES string of the molecule is C[C@H](NC(=O)Cc1cccc2ccccc12)c1noc(-c2ccc(Cl)cc2)n1. The Morgan fingerprint density at radius 1 is 1.07 bits per heavy atom. The third-order valence-electron chi connectivity index (χ3n) is 4.53. The highest BCUT2D eigenvalue weighted by atomic mass is 35.5. The predicted molar refractivity (Wildman–Crippen MR) is 109 cm³/mol. The number of fused-ring (bicyclic) bond motifs is 1. The molecule has 0 saturated heterocycles. The van der Waals surface area contributed by atoms with E-state index in [4.69, 9.17) is 16.1 Å². The number of hydrogen-bond acceptors (Lipinski definition) is 4. The second-order valence-corrected chi connectivity index (χ2v) is 7.01. The van der Waals surface area contributed by atoms with Crippen LogP contribution >= 0.6 is 11.6 Å². The summed E-state index contributed by atoms with van der Waals surface area (Å²) in [4.78, 5) is 16.9. The van der Waals surface area contributed by atoms with Crippen molar-refractivity contribution in [3.8, 4) is 11.5 Å². The largest absolute Gasteiger partial charge is 0.346 e. The van der Waals surface area contributed by atoms with Crippen molar-refractivity contribution in [3.63, 3.8) is 0 Å². The van der Waals surface area contributed by atoms with E-state index in [9.17, 15) is 4.79 Å². The molecule has 0 unspecified atom stereocenters. The van der Waals surface area contributed by atoms with Gasteiger partial charge in [-0.15, -0.1) is 0 Å². The van der Waals surface area contributed by atoms with Crippen LogP contribution in [0, 0.1) is 0 Å². The molecule has 1 heterocycles. The molecule has 1 aromatic heterocycles. The van der Waals surface area contributed by atoms with E-state index in [0.717, 1.165) is 21.9 Å². The molecule has 3 aromatic carbocycles. The minimum atomic E-state index is -0.368. The standard InChI is InChI=1S/C22H18ClN3O2/c1-14(21-25-22(28-26-21)16-9-11-18(23)12-10-16)24-20(27)13-17-7-4-6-15-5-2-3-8-19(15)17/h2-12,14H,13H2,1H3,(H,24,27)/t14-/m0/s1. The average Bonchev–Trinajstić information content (AvgIpc) is 3.19. The lowest BCUT2D eigenvalue weighted by Crippen LogP contribution is -2.28. The van der Waals surface area contributed by atoms with Crippen molar-refractivity contribution < 1.29 is 9.32 Å². The molecule has 4 rings (SSSR count). The molecule has 6 heteroatoms. The number of rotatable bonds is 5. The number of hydrogen-bond donors (Lipinski definition) is 1. The van der Waals surface area contributed by atoms with Gasteiger partial charge in [-0.05, 0) is 47.5 Å². The number of nitrogens with zero attached hydrogens (tertiary/aromatic N) is 2. The Hall–Kier alpha value is -3.18. The molecule has 140 valence electrons. The van der Waals surface area contributed by atoms with Gasteiger partial charge in [0.2, 0.25) is 5.91 Å². The second kappa shape index (κ2) is 7.82. The van der Waals surface area contributed by atoms with Gasteiger partial charge in [-0.3, -0.25) is 4.79 Å². The van der Waals surface area contributed by atoms with E-state index in [1.807, 2.05) is 61.5 Å². The van der Waals surface area contributed by atoms with Gasteiger partial charge in [0.15, 0.2) is 5.82 Å². The van der Waals surface area contributed by atoms with Crippen LogP contribution in [0.2, 0.25) is 5.02 Å². The summed E-state index contributed by atoms with van der Waals surface area (Å²) >= 11 is 5.90. The molecule has 5 nitrogen and oxygen atoms in total. The number of benzene rings is 3. The van der Waals surface area contributed by atoms with Gasteiger partial charge in [-0.2, -0.15) is 4.98 Å². The van der Waals surface area contributed by atoms with E-state index < -0.39 is 0 Å². The van der Waals surface area contributed by atoms with Crippen molar-refractivity contribution in [1.29, 1.82) is 0 Å². The Morgan fingerprint density at radius 3 is 2.64 bits per heavy atom. The lowest BCUT2D eigenvalue weighted by molar-refractivity contribution is -0.121. The first kappa shape index (κ1) is 18.2. The van der Waals surface area contributed by atoms with Crippen LogP contribution in [0.15, 0.2) is 71.3 Å². The van der Waals surface area contributed by atoms with E-state index in [0.29, 0.717) is 16.7 Å². The maximum Gasteiger partial charge on any atom is 0.257 e. The van der Waals surface area contributed by atoms with Gasteiger partial charge < -0.3 is 9.84 Å². The van der Waals surface area contributed by atoms with Crippen LogP contribution in [-0.4, -0.2) is 16.0 Å². The summed E-state index contributed by atoms with van der Waals surface area (Å²) in [6, 6.07) is 20.8. The summed E-state index contributed by atoms with van der Waals surface area (Å²) in [5, 5.41) is 9.76. The van der Waals surface area contributed by atoms with Crippen molar-refractivity contribution in [1.82, 2.24) is 15.5 Å². The summed E-state index contributed by atoms with van der Waals surface area (Å²) in [5.41, 5.74) is 1.76. The maximum absolute atomic E-state index is 12.5. The predicted octanol–water partition coefficient (Wildman–Crippen LogP) is 4.96. The van der Waals surface area contributed by atoms with Crippen LogP contribution in [0.25, 0.3) is 22.2 Å². The molecule has 0 spiro atoms. The molecule has 1 amide bonds. The van der Waals surface area contributed by atoms with E-state index >= 15 is 0 Å². The Morgan fingerprint density at radius 2 is 1.82 bits per heavy atom. The zero-order chi connectivity index (χ0) is 19.5. The molecule has 1 N–H and O–H groups in total. The van der Waals surface area contributed by atoms with Crippen LogP contribution in [0.5, 0.6) is 0 Å². The van der Waals surface area contributed by atoms with Crippen molar-refractivity contribution in [2.24, 2.45) is 0 Å². The second-order valence-electron chi connectivity index (χ2n) is 6.57. The minimum absolute atomic E-state index is 0.0957. The summed E-state index contributed by atoms with van der Waals surface area (Å²) in [6.07, 6.45) is 0.285. The molecule has 1 atom stereocenters. The Bertz CT molecular complexity index is 1120. The van der Waals surface area contributed by atoms with Gasteiger partial charge in [-0.25, -0.2) is 0 Å². The van der Waals surface area contributed by atoms with Crippen LogP contribution in [-0.2, 0) is 11.2 Å². The van der Waals surface area contributed by atoms with Crippen molar-refractivity contribution in [2.45, 2.75) is 19.4 Å². The lowest BCUT2D eigenvalue weighted by atomic mass is 10.0. The first-order valence-corrected chi connectivity index (χ1v) is 9.33. The first-order valence-electron chi connectivity index (χ1n) is 8.96. The molecular formula is C22H18ClN3O2. The number of nitrogens with one attached hydrogen (secondary N) is 1. The summed E-state index contributed by atoms with van der Waals surface area (Å²) < 4.78 is 5.31. The van der Waals surface area contributed by atoms with E-state index in [1.54, 1.807) is 12.1 Å². The molecule has 0 bridgehead atoms. The fourth-order valence-electron chi connectivity index (χ4n) is 3.10. The first-order chi connectivity index (χ1) is 13.6. The fraction of sp³-hybridized carbons (Fsp3) is 0.136. The summed E-state index contributed by atoms with van der Waals surface area (Å²) in [5.74, 6) is 0.722. The number of aromatic nitrogens is 2. The molecule has 0 radical (unpaired) electrons. The van der Waals surface area contributed by atoms with Gasteiger partial charge in [0.05, 0.1) is 12.5 Å². The van der Waals surface area contributed by atoms with Gasteiger partial charge in [-0.1, -0.05) is 59.2 Å². The number of amides is 1. The van der Waals surface area contributed by atoms with Gasteiger partial charge in [0.1, 0.15) is 0 Å². The van der Waals surface area contributed by atoms with Crippen LogP contribution < -0.4 is 5.32 Å². The van der Waals surface area contributed by atoms with E-state index in [1.165, 1.54) is 0 Å². The molecule has 28 heavy (non-hydrogen) atoms. The monoisotopic (exact) mass is 391 g/mol. The van der Waals surface area contributed by atoms with Crippen LogP contribution in [0.4, 0.5) is 0 Å². The molecule has 0 aliphatic heterocycles. The lowest BCUT2D eigenvalue weighted by Gasteiger charge is -2.11. The van der Waals surface area contributed by atoms with Gasteiger partial charge in [0, 0.05) is 10.6 Å². The number of carbonyl (C=O) groups excluding carboxylic acids is 1. The third-order valence-corrected chi connectivity index (χ3v) is 4.78. The maximum atomic E-state index is 12.5. The van der Waals surface area contributed by atoms with E-state index in [2.05, 4.69) is 15.5 Å². The zero-order valence-electron chi connectivity index (χ0n) is 15.2. The van der Waals surface area contributed by atoms with Gasteiger partial charge >= 0.3 is 0 Å². The quantitative estimate of drug-likeness (QED) is 0.522. The highest BCUT2D eigenvalue weighted by Crippen LogP contribution is 2.22. The fourth-order valence-corrected chi connectivity index (χ4v) is 3.22. The molecular weight excluding hydrogens is 374 g/mol. The number of halogens is 1. The summed E-state index contributed by atoms with van der Waals surface area (Å²) in [7, 11) is 0. The van der Waals surface area contributed by atoms with Crippen LogP contribution in [0.1, 0.15) is 24.4 Å². The molecule has 4 aromatic rings. The highest BCUT2D eigenvalue weighted by Gasteiger charge is 2.17. The summed E-state index contributed by atoms with van der Waals surface area (Å²) in [6.45, 7) is 1.83. The molecule has 0 aliphatic rings. The zero-order valence-corrected chi connectivity index (χ0v) is 16.0. The molecule has 0 fully saturated rings.